The molecule has 0 rings (SSSR count). The standard InChI is InChI=1S/C67H104O5/c1-4-7-10-13-16-19-22-25-28-31-33-35-38-41-44-47-50-53-56-59-62-70-63-65(72-67(69)61-58-55-52-49-46-43-40-36-30-27-24-21-18-15-12-9-6-3)64-71-66(68)60-57-54-51-48-45-42-39-37-34-32-29-26-23-20-17-14-11-8-5-2/h7,9-10,12,16-21,25-30,33-35,37,40-41,43-44,49-50,52-53,65H,4-6,8,11,13-15,22-24,31-32,36,38-39,42,45-48,51,54-64H2,1-3H3/b10-7-,12-9-,19-16-,20-17-,21-18-,28-25-,29-26-,30-27-,35-33-,37-34-,43-40-,44-41-,52-49-,53-50-. The van der Waals surface area contributed by atoms with Gasteiger partial charge in [0, 0.05) is 19.4 Å². The zero-order valence-corrected chi connectivity index (χ0v) is 46.1. The molecule has 0 radical (unpaired) electrons. The fourth-order valence-electron chi connectivity index (χ4n) is 7.04. The van der Waals surface area contributed by atoms with Gasteiger partial charge in [-0.1, -0.05) is 229 Å². The molecule has 0 aliphatic rings. The first-order chi connectivity index (χ1) is 35.6. The summed E-state index contributed by atoms with van der Waals surface area (Å²) >= 11 is 0. The van der Waals surface area contributed by atoms with Crippen LogP contribution in [0, 0.1) is 0 Å². The Morgan fingerprint density at radius 3 is 1.04 bits per heavy atom. The van der Waals surface area contributed by atoms with Gasteiger partial charge in [-0.3, -0.25) is 9.59 Å². The van der Waals surface area contributed by atoms with Crippen LogP contribution in [0.2, 0.25) is 0 Å². The largest absolute Gasteiger partial charge is 0.462 e. The first-order valence-electron chi connectivity index (χ1n) is 28.7. The van der Waals surface area contributed by atoms with Crippen LogP contribution in [0.5, 0.6) is 0 Å². The Morgan fingerprint density at radius 2 is 0.639 bits per heavy atom. The van der Waals surface area contributed by atoms with E-state index in [1.54, 1.807) is 0 Å². The van der Waals surface area contributed by atoms with Crippen molar-refractivity contribution in [2.75, 3.05) is 19.8 Å². The lowest BCUT2D eigenvalue weighted by atomic mass is 10.1. The number of ether oxygens (including phenoxy) is 3. The van der Waals surface area contributed by atoms with Gasteiger partial charge < -0.3 is 14.2 Å². The van der Waals surface area contributed by atoms with Crippen LogP contribution < -0.4 is 0 Å². The highest BCUT2D eigenvalue weighted by atomic mass is 16.6. The number of hydrogen-bond acceptors (Lipinski definition) is 5. The molecule has 0 aromatic rings. The summed E-state index contributed by atoms with van der Waals surface area (Å²) in [6, 6.07) is 0. The molecule has 0 aliphatic carbocycles. The minimum absolute atomic E-state index is 0.0198. The number of rotatable bonds is 50. The van der Waals surface area contributed by atoms with Gasteiger partial charge in [-0.15, -0.1) is 0 Å². The van der Waals surface area contributed by atoms with Crippen molar-refractivity contribution in [1.29, 1.82) is 0 Å². The quantitative estimate of drug-likeness (QED) is 0.0345. The zero-order valence-electron chi connectivity index (χ0n) is 46.1. The third-order valence-electron chi connectivity index (χ3n) is 11.2. The molecule has 1 unspecified atom stereocenters. The van der Waals surface area contributed by atoms with E-state index >= 15 is 0 Å². The van der Waals surface area contributed by atoms with Crippen molar-refractivity contribution in [3.63, 3.8) is 0 Å². The van der Waals surface area contributed by atoms with Crippen molar-refractivity contribution in [2.24, 2.45) is 0 Å². The third-order valence-corrected chi connectivity index (χ3v) is 11.2. The highest BCUT2D eigenvalue weighted by molar-refractivity contribution is 5.70. The maximum atomic E-state index is 12.8. The van der Waals surface area contributed by atoms with E-state index in [1.165, 1.54) is 44.9 Å². The second-order valence-electron chi connectivity index (χ2n) is 18.1. The van der Waals surface area contributed by atoms with Gasteiger partial charge >= 0.3 is 11.9 Å². The van der Waals surface area contributed by atoms with Gasteiger partial charge in [0.25, 0.3) is 0 Å². The molecule has 5 nitrogen and oxygen atoms in total. The number of esters is 2. The van der Waals surface area contributed by atoms with E-state index in [0.29, 0.717) is 25.9 Å². The fraction of sp³-hybridized carbons (Fsp3) is 0.552. The van der Waals surface area contributed by atoms with Crippen LogP contribution in [0.15, 0.2) is 170 Å². The third kappa shape index (κ3) is 57.8. The van der Waals surface area contributed by atoms with Crippen molar-refractivity contribution in [2.45, 2.75) is 219 Å². The van der Waals surface area contributed by atoms with Crippen molar-refractivity contribution in [3.8, 4) is 0 Å². The zero-order chi connectivity index (χ0) is 52.0. The lowest BCUT2D eigenvalue weighted by Gasteiger charge is -2.18. The average molecular weight is 990 g/mol. The molecule has 1 atom stereocenters. The molecule has 0 bridgehead atoms. The topological polar surface area (TPSA) is 61.8 Å². The van der Waals surface area contributed by atoms with Crippen LogP contribution in [0.25, 0.3) is 0 Å². The summed E-state index contributed by atoms with van der Waals surface area (Å²) in [5.41, 5.74) is 0. The van der Waals surface area contributed by atoms with Gasteiger partial charge in [0.05, 0.1) is 6.61 Å². The first kappa shape index (κ1) is 67.3. The molecule has 0 N–H and O–H groups in total. The van der Waals surface area contributed by atoms with Crippen LogP contribution in [0.1, 0.15) is 213 Å². The predicted molar refractivity (Wildman–Crippen MR) is 315 cm³/mol. The predicted octanol–water partition coefficient (Wildman–Crippen LogP) is 20.0. The van der Waals surface area contributed by atoms with Crippen LogP contribution >= 0.6 is 0 Å². The number of allylic oxidation sites excluding steroid dienone is 28. The van der Waals surface area contributed by atoms with Crippen molar-refractivity contribution >= 4 is 11.9 Å². The molecule has 0 saturated heterocycles. The molecule has 72 heavy (non-hydrogen) atoms. The van der Waals surface area contributed by atoms with Crippen LogP contribution in [0.4, 0.5) is 0 Å². The van der Waals surface area contributed by atoms with Crippen LogP contribution in [-0.4, -0.2) is 37.9 Å². The molecule has 0 aromatic heterocycles. The smallest absolute Gasteiger partial charge is 0.306 e. The molecule has 0 saturated carbocycles. The van der Waals surface area contributed by atoms with E-state index in [0.717, 1.165) is 128 Å². The summed E-state index contributed by atoms with van der Waals surface area (Å²) in [4.78, 5) is 25.5. The second-order valence-corrected chi connectivity index (χ2v) is 18.1. The summed E-state index contributed by atoms with van der Waals surface area (Å²) in [5, 5.41) is 0. The van der Waals surface area contributed by atoms with Gasteiger partial charge in [-0.25, -0.2) is 0 Å². The first-order valence-corrected chi connectivity index (χ1v) is 28.7. The average Bonchev–Trinajstić information content (AvgIpc) is 3.38. The summed E-state index contributed by atoms with van der Waals surface area (Å²) in [5.74, 6) is -0.525. The summed E-state index contributed by atoms with van der Waals surface area (Å²) in [6.07, 6.45) is 91.0. The molecule has 0 aliphatic heterocycles. The van der Waals surface area contributed by atoms with Crippen molar-refractivity contribution < 1.29 is 23.8 Å². The van der Waals surface area contributed by atoms with E-state index in [1.807, 2.05) is 0 Å². The van der Waals surface area contributed by atoms with E-state index < -0.39 is 6.10 Å². The van der Waals surface area contributed by atoms with E-state index in [-0.39, 0.29) is 25.2 Å². The maximum absolute atomic E-state index is 12.8. The number of hydrogen-bond donors (Lipinski definition) is 0. The Morgan fingerprint density at radius 1 is 0.319 bits per heavy atom. The van der Waals surface area contributed by atoms with Crippen LogP contribution in [-0.2, 0) is 23.8 Å². The Kier molecular flexibility index (Phi) is 56.6. The molecule has 0 amide bonds. The van der Waals surface area contributed by atoms with E-state index in [4.69, 9.17) is 14.2 Å². The van der Waals surface area contributed by atoms with Gasteiger partial charge in [-0.2, -0.15) is 0 Å². The van der Waals surface area contributed by atoms with Gasteiger partial charge in [0.1, 0.15) is 6.61 Å². The lowest BCUT2D eigenvalue weighted by molar-refractivity contribution is -0.162. The molecule has 5 heteroatoms. The number of carbonyl (C=O) groups excluding carboxylic acids is 2. The van der Waals surface area contributed by atoms with E-state index in [9.17, 15) is 9.59 Å². The van der Waals surface area contributed by atoms with Gasteiger partial charge in [0.2, 0.25) is 0 Å². The van der Waals surface area contributed by atoms with Crippen molar-refractivity contribution in [3.05, 3.63) is 170 Å². The van der Waals surface area contributed by atoms with E-state index in [2.05, 4.69) is 191 Å². The molecule has 0 spiro atoms. The minimum Gasteiger partial charge on any atom is -0.462 e. The highest BCUT2D eigenvalue weighted by Crippen LogP contribution is 2.11. The minimum atomic E-state index is -0.617. The second kappa shape index (κ2) is 60.6. The maximum Gasteiger partial charge on any atom is 0.306 e. The molecule has 402 valence electrons. The Labute approximate surface area is 443 Å². The Hall–Kier alpha value is -4.74. The SMILES string of the molecule is CC/C=C\C/C=C\C/C=C\C/C=C\C/C=C\C/C=C\CCCOCC(COC(=O)CCCCCCCC/C=C\C/C=C\C/C=C\CCCCC)OC(=O)CCC/C=C\C/C=C\C/C=C\C/C=C\C/C=C\CC. The number of carbonyl (C=O) groups is 2. The fourth-order valence-corrected chi connectivity index (χ4v) is 7.04. The molecule has 0 heterocycles. The summed E-state index contributed by atoms with van der Waals surface area (Å²) < 4.78 is 17.3. The molecule has 0 fully saturated rings. The summed E-state index contributed by atoms with van der Waals surface area (Å²) in [6.45, 7) is 7.33. The normalized spacial score (nSPS) is 13.5. The monoisotopic (exact) mass is 989 g/mol. The van der Waals surface area contributed by atoms with Crippen molar-refractivity contribution in [1.82, 2.24) is 0 Å². The number of unbranched alkanes of at least 4 members (excludes halogenated alkanes) is 11. The molecule has 0 aromatic carbocycles. The van der Waals surface area contributed by atoms with Crippen LogP contribution in [0.3, 0.4) is 0 Å². The Bertz CT molecular complexity index is 1640. The Balaban J connectivity index is 4.54. The highest BCUT2D eigenvalue weighted by Gasteiger charge is 2.17. The lowest BCUT2D eigenvalue weighted by Crippen LogP contribution is -2.30. The molecular formula is C67H104O5. The summed E-state index contributed by atoms with van der Waals surface area (Å²) in [7, 11) is 0. The van der Waals surface area contributed by atoms with Gasteiger partial charge in [0.15, 0.2) is 6.10 Å². The van der Waals surface area contributed by atoms with Gasteiger partial charge in [-0.05, 0) is 141 Å². The molecular weight excluding hydrogens is 885 g/mol.